The number of ether oxygens (including phenoxy) is 1. The highest BCUT2D eigenvalue weighted by Crippen LogP contribution is 2.33. The molecule has 2 saturated heterocycles. The van der Waals surface area contributed by atoms with Gasteiger partial charge >= 0.3 is 0 Å². The van der Waals surface area contributed by atoms with Gasteiger partial charge in [0.2, 0.25) is 11.9 Å². The normalized spacial score (nSPS) is 18.9. The van der Waals surface area contributed by atoms with Crippen LogP contribution in [-0.4, -0.2) is 77.3 Å². The number of hydrogen-bond acceptors (Lipinski definition) is 8. The van der Waals surface area contributed by atoms with E-state index in [0.717, 1.165) is 56.3 Å². The maximum atomic E-state index is 11.8. The van der Waals surface area contributed by atoms with Gasteiger partial charge in [-0.3, -0.25) is 9.69 Å². The second kappa shape index (κ2) is 9.29. The monoisotopic (exact) mass is 447 g/mol. The second-order valence-electron chi connectivity index (χ2n) is 8.69. The predicted octanol–water partition coefficient (Wildman–Crippen LogP) is 1.78. The number of benzene rings is 1. The molecule has 0 unspecified atom stereocenters. The number of rotatable bonds is 6. The van der Waals surface area contributed by atoms with Crippen molar-refractivity contribution in [1.29, 1.82) is 0 Å². The Morgan fingerprint density at radius 3 is 2.82 bits per heavy atom. The van der Waals surface area contributed by atoms with Crippen molar-refractivity contribution in [2.75, 3.05) is 49.7 Å². The lowest BCUT2D eigenvalue weighted by Gasteiger charge is -2.43. The summed E-state index contributed by atoms with van der Waals surface area (Å²) < 4.78 is 5.54. The molecule has 33 heavy (non-hydrogen) atoms. The lowest BCUT2D eigenvalue weighted by molar-refractivity contribution is -0.133. The minimum Gasteiger partial charge on any atom is -0.378 e. The fourth-order valence-corrected chi connectivity index (χ4v) is 4.52. The summed E-state index contributed by atoms with van der Waals surface area (Å²) in [6, 6.07) is 8.49. The molecule has 2 aromatic rings. The summed E-state index contributed by atoms with van der Waals surface area (Å²) >= 11 is 0. The average molecular weight is 448 g/mol. The van der Waals surface area contributed by atoms with Crippen molar-refractivity contribution in [3.05, 3.63) is 59.3 Å². The first-order valence-corrected chi connectivity index (χ1v) is 11.3. The van der Waals surface area contributed by atoms with E-state index in [9.17, 15) is 4.79 Å². The molecule has 0 saturated carbocycles. The number of nitrogens with zero attached hydrogens (tertiary/aromatic N) is 6. The molecule has 1 amide bonds. The summed E-state index contributed by atoms with van der Waals surface area (Å²) in [4.78, 5) is 27.9. The number of nitrogens with one attached hydrogen (secondary N) is 1. The third-order valence-corrected chi connectivity index (χ3v) is 6.38. The fourth-order valence-electron chi connectivity index (χ4n) is 4.52. The Balaban J connectivity index is 1.34. The van der Waals surface area contributed by atoms with Crippen LogP contribution in [0.3, 0.4) is 0 Å². The van der Waals surface area contributed by atoms with Gasteiger partial charge in [0, 0.05) is 50.9 Å². The number of anilines is 2. The highest BCUT2D eigenvalue weighted by atomic mass is 16.5. The number of morpholine rings is 1. The van der Waals surface area contributed by atoms with Crippen LogP contribution in [-0.2, 0) is 22.6 Å². The zero-order chi connectivity index (χ0) is 22.8. The van der Waals surface area contributed by atoms with Crippen LogP contribution in [0.4, 0.5) is 11.8 Å². The maximum absolute atomic E-state index is 11.8. The molecular weight excluding hydrogens is 418 g/mol. The van der Waals surface area contributed by atoms with Crippen LogP contribution < -0.4 is 10.3 Å². The molecule has 0 radical (unpaired) electrons. The van der Waals surface area contributed by atoms with E-state index in [-0.39, 0.29) is 5.91 Å². The Labute approximate surface area is 193 Å². The van der Waals surface area contributed by atoms with E-state index in [4.69, 9.17) is 14.7 Å². The molecule has 172 valence electrons. The number of likely N-dealkylation sites (tertiary alicyclic amines) is 1. The fraction of sp³-hybridized carbons (Fsp3) is 0.417. The van der Waals surface area contributed by atoms with Crippen molar-refractivity contribution in [3.8, 4) is 0 Å². The van der Waals surface area contributed by atoms with Crippen LogP contribution in [0.1, 0.15) is 22.4 Å². The minimum absolute atomic E-state index is 0.00489. The molecule has 3 aliphatic rings. The highest BCUT2D eigenvalue weighted by molar-refractivity contribution is 5.87. The zero-order valence-electron chi connectivity index (χ0n) is 18.9. The molecular formula is C24H29N7O2. The third kappa shape index (κ3) is 4.60. The lowest BCUT2D eigenvalue weighted by Crippen LogP contribution is -2.59. The Hall–Kier alpha value is -3.30. The van der Waals surface area contributed by atoms with Gasteiger partial charge in [-0.15, -0.1) is 0 Å². The molecule has 9 nitrogen and oxygen atoms in total. The van der Waals surface area contributed by atoms with Crippen molar-refractivity contribution in [1.82, 2.24) is 19.8 Å². The first-order valence-electron chi connectivity index (χ1n) is 11.3. The first kappa shape index (κ1) is 21.5. The van der Waals surface area contributed by atoms with Gasteiger partial charge in [-0.25, -0.2) is 10.4 Å². The smallest absolute Gasteiger partial charge is 0.246 e. The number of fused-ring (bicyclic) bond motifs is 1. The summed E-state index contributed by atoms with van der Waals surface area (Å²) in [5.41, 5.74) is 7.42. The number of carbonyl (C=O) groups is 1. The van der Waals surface area contributed by atoms with Gasteiger partial charge in [0.25, 0.3) is 0 Å². The van der Waals surface area contributed by atoms with Crippen molar-refractivity contribution in [2.45, 2.75) is 26.1 Å². The van der Waals surface area contributed by atoms with Gasteiger partial charge < -0.3 is 14.5 Å². The van der Waals surface area contributed by atoms with Crippen LogP contribution in [0.2, 0.25) is 0 Å². The largest absolute Gasteiger partial charge is 0.378 e. The van der Waals surface area contributed by atoms with E-state index in [1.54, 1.807) is 6.21 Å². The number of aromatic nitrogens is 2. The highest BCUT2D eigenvalue weighted by Gasteiger charge is 2.38. The molecule has 0 spiro atoms. The predicted molar refractivity (Wildman–Crippen MR) is 127 cm³/mol. The van der Waals surface area contributed by atoms with Crippen LogP contribution in [0.5, 0.6) is 0 Å². The summed E-state index contributed by atoms with van der Waals surface area (Å²) in [5, 5.41) is 4.37. The summed E-state index contributed by atoms with van der Waals surface area (Å²) in [6.45, 7) is 11.6. The average Bonchev–Trinajstić information content (AvgIpc) is 3.21. The molecule has 1 N–H and O–H groups in total. The third-order valence-electron chi connectivity index (χ3n) is 6.38. The van der Waals surface area contributed by atoms with Crippen molar-refractivity contribution in [2.24, 2.45) is 5.10 Å². The number of hydrogen-bond donors (Lipinski definition) is 1. The van der Waals surface area contributed by atoms with E-state index in [1.165, 1.54) is 17.2 Å². The molecule has 1 aromatic heterocycles. The molecule has 0 aliphatic carbocycles. The van der Waals surface area contributed by atoms with Crippen molar-refractivity contribution < 1.29 is 9.53 Å². The van der Waals surface area contributed by atoms with E-state index < -0.39 is 0 Å². The number of aryl methyl sites for hydroxylation is 1. The van der Waals surface area contributed by atoms with E-state index in [1.807, 2.05) is 17.0 Å². The quantitative estimate of drug-likeness (QED) is 0.410. The molecule has 1 aromatic carbocycles. The molecule has 0 atom stereocenters. The van der Waals surface area contributed by atoms with Gasteiger partial charge in [0.05, 0.1) is 25.1 Å². The topological polar surface area (TPSA) is 86.2 Å². The Morgan fingerprint density at radius 2 is 2.06 bits per heavy atom. The standard InChI is InChI=1S/C24H29N7O2/c1-3-22(32)31-13-19(14-31)30-15-20-21(16-30)26-24(27-23(20)29-7-9-33-10-8-29)28-25-12-18-6-4-5-17(2)11-18/h3-6,11-12,19H,1,7-10,13-16H2,2H3,(H,26,27,28)/b25-12+. The number of carbonyl (C=O) groups excluding carboxylic acids is 1. The molecule has 9 heteroatoms. The van der Waals surface area contributed by atoms with Crippen molar-refractivity contribution in [3.63, 3.8) is 0 Å². The molecule has 4 heterocycles. The Bertz CT molecular complexity index is 1070. The lowest BCUT2D eigenvalue weighted by atomic mass is 10.1. The molecule has 3 aliphatic heterocycles. The Morgan fingerprint density at radius 1 is 1.24 bits per heavy atom. The van der Waals surface area contributed by atoms with Crippen LogP contribution >= 0.6 is 0 Å². The summed E-state index contributed by atoms with van der Waals surface area (Å²) in [6.07, 6.45) is 3.16. The van der Waals surface area contributed by atoms with Crippen LogP contribution in [0, 0.1) is 6.92 Å². The van der Waals surface area contributed by atoms with Gasteiger partial charge in [-0.2, -0.15) is 10.1 Å². The van der Waals surface area contributed by atoms with E-state index in [2.05, 4.69) is 46.0 Å². The maximum Gasteiger partial charge on any atom is 0.246 e. The Kier molecular flexibility index (Phi) is 6.06. The number of amides is 1. The first-order chi connectivity index (χ1) is 16.1. The van der Waals surface area contributed by atoms with E-state index in [0.29, 0.717) is 25.2 Å². The molecule has 0 bridgehead atoms. The zero-order valence-corrected chi connectivity index (χ0v) is 18.9. The van der Waals surface area contributed by atoms with Gasteiger partial charge in [-0.05, 0) is 18.6 Å². The van der Waals surface area contributed by atoms with E-state index >= 15 is 0 Å². The SMILES string of the molecule is C=CC(=O)N1CC(N2Cc3nc(N/N=C/c4cccc(C)c4)nc(N4CCOCC4)c3C2)C1. The van der Waals surface area contributed by atoms with Gasteiger partial charge in [-0.1, -0.05) is 36.4 Å². The minimum atomic E-state index is -0.00489. The van der Waals surface area contributed by atoms with Crippen LogP contribution in [0.25, 0.3) is 0 Å². The van der Waals surface area contributed by atoms with Crippen molar-refractivity contribution >= 4 is 23.9 Å². The van der Waals surface area contributed by atoms with Gasteiger partial charge in [0.1, 0.15) is 5.82 Å². The van der Waals surface area contributed by atoms with Crippen LogP contribution in [0.15, 0.2) is 42.0 Å². The van der Waals surface area contributed by atoms with Gasteiger partial charge in [0.15, 0.2) is 0 Å². The molecule has 2 fully saturated rings. The molecule has 5 rings (SSSR count). The second-order valence-corrected chi connectivity index (χ2v) is 8.69. The number of hydrazone groups is 1. The summed E-state index contributed by atoms with van der Waals surface area (Å²) in [5.74, 6) is 1.45. The summed E-state index contributed by atoms with van der Waals surface area (Å²) in [7, 11) is 0.